The van der Waals surface area contributed by atoms with E-state index < -0.39 is 0 Å². The first-order valence-electron chi connectivity index (χ1n) is 7.03. The van der Waals surface area contributed by atoms with Crippen LogP contribution in [0.2, 0.25) is 0 Å². The van der Waals surface area contributed by atoms with Gasteiger partial charge in [0, 0.05) is 29.1 Å². The highest BCUT2D eigenvalue weighted by molar-refractivity contribution is 5.94. The minimum absolute atomic E-state index is 0.470. The van der Waals surface area contributed by atoms with Crippen LogP contribution in [-0.4, -0.2) is 6.04 Å². The van der Waals surface area contributed by atoms with Crippen LogP contribution in [0, 0.1) is 0 Å². The molecule has 0 saturated carbocycles. The minimum Gasteiger partial charge on any atom is -0.463 e. The maximum atomic E-state index is 5.83. The SMILES string of the molecule is CC(C)NCc1coc2c(-c3ccccc3)cccc12. The molecule has 1 heterocycles. The molecular weight excluding hydrogens is 246 g/mol. The van der Waals surface area contributed by atoms with Gasteiger partial charge < -0.3 is 9.73 Å². The van der Waals surface area contributed by atoms with Crippen LogP contribution in [-0.2, 0) is 6.54 Å². The second-order valence-electron chi connectivity index (χ2n) is 5.34. The van der Waals surface area contributed by atoms with Crippen molar-refractivity contribution in [2.75, 3.05) is 0 Å². The average Bonchev–Trinajstić information content (AvgIpc) is 2.89. The summed E-state index contributed by atoms with van der Waals surface area (Å²) in [5.41, 5.74) is 4.53. The molecule has 20 heavy (non-hydrogen) atoms. The van der Waals surface area contributed by atoms with Crippen LogP contribution < -0.4 is 5.32 Å². The highest BCUT2D eigenvalue weighted by Gasteiger charge is 2.10. The second-order valence-corrected chi connectivity index (χ2v) is 5.34. The van der Waals surface area contributed by atoms with Gasteiger partial charge >= 0.3 is 0 Å². The van der Waals surface area contributed by atoms with Crippen molar-refractivity contribution in [3.63, 3.8) is 0 Å². The van der Waals surface area contributed by atoms with Crippen LogP contribution in [0.1, 0.15) is 19.4 Å². The van der Waals surface area contributed by atoms with Crippen molar-refractivity contribution in [1.29, 1.82) is 0 Å². The Morgan fingerprint density at radius 2 is 1.80 bits per heavy atom. The van der Waals surface area contributed by atoms with Gasteiger partial charge in [0.05, 0.1) is 6.26 Å². The summed E-state index contributed by atoms with van der Waals surface area (Å²) >= 11 is 0. The average molecular weight is 265 g/mol. The maximum Gasteiger partial charge on any atom is 0.142 e. The summed E-state index contributed by atoms with van der Waals surface area (Å²) in [6.07, 6.45) is 1.87. The Balaban J connectivity index is 2.04. The Labute approximate surface area is 119 Å². The lowest BCUT2D eigenvalue weighted by atomic mass is 10.0. The van der Waals surface area contributed by atoms with E-state index in [1.165, 1.54) is 16.5 Å². The number of rotatable bonds is 4. The van der Waals surface area contributed by atoms with Gasteiger partial charge in [0.15, 0.2) is 0 Å². The first-order valence-corrected chi connectivity index (χ1v) is 7.03. The van der Waals surface area contributed by atoms with Crippen LogP contribution in [0.3, 0.4) is 0 Å². The molecule has 2 heteroatoms. The van der Waals surface area contributed by atoms with Gasteiger partial charge in [-0.2, -0.15) is 0 Å². The molecule has 0 aliphatic carbocycles. The van der Waals surface area contributed by atoms with E-state index in [4.69, 9.17) is 4.42 Å². The highest BCUT2D eigenvalue weighted by Crippen LogP contribution is 2.31. The van der Waals surface area contributed by atoms with Crippen LogP contribution in [0.25, 0.3) is 22.1 Å². The van der Waals surface area contributed by atoms with Crippen molar-refractivity contribution >= 4 is 11.0 Å². The zero-order chi connectivity index (χ0) is 13.9. The molecule has 0 unspecified atom stereocenters. The van der Waals surface area contributed by atoms with Gasteiger partial charge in [-0.25, -0.2) is 0 Å². The number of furan rings is 1. The number of hydrogen-bond donors (Lipinski definition) is 1. The molecule has 0 spiro atoms. The van der Waals surface area contributed by atoms with E-state index in [1.54, 1.807) is 0 Å². The first kappa shape index (κ1) is 12.9. The highest BCUT2D eigenvalue weighted by atomic mass is 16.3. The van der Waals surface area contributed by atoms with Crippen LogP contribution in [0.5, 0.6) is 0 Å². The summed E-state index contributed by atoms with van der Waals surface area (Å²) in [6, 6.07) is 17.2. The molecule has 102 valence electrons. The molecule has 2 nitrogen and oxygen atoms in total. The molecular formula is C18H19NO. The van der Waals surface area contributed by atoms with Gasteiger partial charge in [0.1, 0.15) is 5.58 Å². The third-order valence-electron chi connectivity index (χ3n) is 3.47. The van der Waals surface area contributed by atoms with Crippen LogP contribution >= 0.6 is 0 Å². The maximum absolute atomic E-state index is 5.83. The normalized spacial score (nSPS) is 11.3. The molecule has 0 fully saturated rings. The molecule has 2 aromatic carbocycles. The van der Waals surface area contributed by atoms with Gasteiger partial charge in [-0.05, 0) is 5.56 Å². The smallest absolute Gasteiger partial charge is 0.142 e. The van der Waals surface area contributed by atoms with E-state index in [2.05, 4.69) is 61.6 Å². The molecule has 1 aromatic heterocycles. The van der Waals surface area contributed by atoms with Gasteiger partial charge in [0.25, 0.3) is 0 Å². The fourth-order valence-corrected chi connectivity index (χ4v) is 2.41. The van der Waals surface area contributed by atoms with Crippen molar-refractivity contribution in [2.24, 2.45) is 0 Å². The van der Waals surface area contributed by atoms with Crippen LogP contribution in [0.15, 0.2) is 59.2 Å². The summed E-state index contributed by atoms with van der Waals surface area (Å²) < 4.78 is 5.83. The second kappa shape index (κ2) is 5.51. The molecule has 0 aliphatic rings. The summed E-state index contributed by atoms with van der Waals surface area (Å²) in [7, 11) is 0. The Hall–Kier alpha value is -2.06. The Kier molecular flexibility index (Phi) is 3.57. The predicted octanol–water partition coefficient (Wildman–Crippen LogP) is 4.60. The summed E-state index contributed by atoms with van der Waals surface area (Å²) in [5, 5.41) is 4.63. The minimum atomic E-state index is 0.470. The molecule has 0 aliphatic heterocycles. The third kappa shape index (κ3) is 2.47. The molecule has 0 amide bonds. The van der Waals surface area contributed by atoms with Gasteiger partial charge in [0.2, 0.25) is 0 Å². The molecule has 0 radical (unpaired) electrons. The lowest BCUT2D eigenvalue weighted by Crippen LogP contribution is -2.21. The summed E-state index contributed by atoms with van der Waals surface area (Å²) in [4.78, 5) is 0. The molecule has 1 N–H and O–H groups in total. The topological polar surface area (TPSA) is 25.2 Å². The van der Waals surface area contributed by atoms with E-state index in [0.29, 0.717) is 6.04 Å². The lowest BCUT2D eigenvalue weighted by molar-refractivity contribution is 0.572. The van der Waals surface area contributed by atoms with E-state index in [-0.39, 0.29) is 0 Å². The Morgan fingerprint density at radius 1 is 1.00 bits per heavy atom. The van der Waals surface area contributed by atoms with Crippen molar-refractivity contribution in [3.05, 3.63) is 60.4 Å². The molecule has 3 aromatic rings. The van der Waals surface area contributed by atoms with E-state index in [0.717, 1.165) is 17.7 Å². The van der Waals surface area contributed by atoms with Crippen molar-refractivity contribution in [3.8, 4) is 11.1 Å². The van der Waals surface area contributed by atoms with Crippen LogP contribution in [0.4, 0.5) is 0 Å². The van der Waals surface area contributed by atoms with Crippen molar-refractivity contribution in [1.82, 2.24) is 5.32 Å². The Morgan fingerprint density at radius 3 is 2.55 bits per heavy atom. The fraction of sp³-hybridized carbons (Fsp3) is 0.222. The van der Waals surface area contributed by atoms with E-state index in [1.807, 2.05) is 12.3 Å². The third-order valence-corrected chi connectivity index (χ3v) is 3.47. The molecule has 0 atom stereocenters. The predicted molar refractivity (Wildman–Crippen MR) is 83.6 cm³/mol. The molecule has 0 saturated heterocycles. The zero-order valence-electron chi connectivity index (χ0n) is 11.9. The number of nitrogens with one attached hydrogen (secondary N) is 1. The van der Waals surface area contributed by atoms with Gasteiger partial charge in [-0.1, -0.05) is 62.4 Å². The first-order chi connectivity index (χ1) is 9.75. The van der Waals surface area contributed by atoms with Gasteiger partial charge in [-0.3, -0.25) is 0 Å². The zero-order valence-corrected chi connectivity index (χ0v) is 11.9. The fourth-order valence-electron chi connectivity index (χ4n) is 2.41. The largest absolute Gasteiger partial charge is 0.463 e. The summed E-state index contributed by atoms with van der Waals surface area (Å²) in [6.45, 7) is 5.14. The number of hydrogen-bond acceptors (Lipinski definition) is 2. The Bertz CT molecular complexity index is 698. The standard InChI is InChI=1S/C18H19NO/c1-13(2)19-11-15-12-20-18-16(9-6-10-17(15)18)14-7-4-3-5-8-14/h3-10,12-13,19H,11H2,1-2H3. The monoisotopic (exact) mass is 265 g/mol. The number of fused-ring (bicyclic) bond motifs is 1. The lowest BCUT2D eigenvalue weighted by Gasteiger charge is -2.06. The van der Waals surface area contributed by atoms with Crippen molar-refractivity contribution < 1.29 is 4.42 Å². The van der Waals surface area contributed by atoms with E-state index in [9.17, 15) is 0 Å². The number of para-hydroxylation sites is 1. The number of benzene rings is 2. The quantitative estimate of drug-likeness (QED) is 0.746. The summed E-state index contributed by atoms with van der Waals surface area (Å²) in [5.74, 6) is 0. The van der Waals surface area contributed by atoms with E-state index >= 15 is 0 Å². The molecule has 3 rings (SSSR count). The molecule has 0 bridgehead atoms. The van der Waals surface area contributed by atoms with Crippen molar-refractivity contribution in [2.45, 2.75) is 26.4 Å². The van der Waals surface area contributed by atoms with Gasteiger partial charge in [-0.15, -0.1) is 0 Å².